The molecule has 6 nitrogen and oxygen atoms in total. The highest BCUT2D eigenvalue weighted by atomic mass is 15.3. The standard InChI is InChI=1S/C22H36N6/c1-4-14-27(15-5-2)16-8-12-24-22(23-3)25-18-20-10-6-7-11-21(20)19-28-17-9-13-26-28/h6-7,9-11,13,17H,4-5,8,12,14-16,18-19H2,1-3H3,(H2,23,24,25). The molecule has 1 heterocycles. The lowest BCUT2D eigenvalue weighted by molar-refractivity contribution is 0.271. The lowest BCUT2D eigenvalue weighted by Gasteiger charge is -2.21. The predicted molar refractivity (Wildman–Crippen MR) is 118 cm³/mol. The molecular weight excluding hydrogens is 348 g/mol. The smallest absolute Gasteiger partial charge is 0.191 e. The molecule has 0 fully saturated rings. The van der Waals surface area contributed by atoms with Crippen LogP contribution in [-0.2, 0) is 13.1 Å². The molecule has 154 valence electrons. The van der Waals surface area contributed by atoms with Crippen molar-refractivity contribution in [3.8, 4) is 0 Å². The van der Waals surface area contributed by atoms with Gasteiger partial charge >= 0.3 is 0 Å². The van der Waals surface area contributed by atoms with Crippen molar-refractivity contribution in [3.63, 3.8) is 0 Å². The molecule has 0 radical (unpaired) electrons. The molecule has 0 amide bonds. The van der Waals surface area contributed by atoms with Crippen LogP contribution in [0.5, 0.6) is 0 Å². The average Bonchev–Trinajstić information content (AvgIpc) is 3.22. The zero-order chi connectivity index (χ0) is 20.0. The summed E-state index contributed by atoms with van der Waals surface area (Å²) < 4.78 is 1.95. The first-order valence-electron chi connectivity index (χ1n) is 10.5. The Hall–Kier alpha value is -2.34. The Balaban J connectivity index is 1.78. The zero-order valence-corrected chi connectivity index (χ0v) is 17.7. The van der Waals surface area contributed by atoms with Gasteiger partial charge in [-0.3, -0.25) is 9.67 Å². The third kappa shape index (κ3) is 7.72. The molecule has 0 bridgehead atoms. The van der Waals surface area contributed by atoms with E-state index in [0.29, 0.717) is 0 Å². The highest BCUT2D eigenvalue weighted by Crippen LogP contribution is 2.10. The van der Waals surface area contributed by atoms with Crippen LogP contribution in [0.3, 0.4) is 0 Å². The van der Waals surface area contributed by atoms with Crippen LogP contribution in [0.15, 0.2) is 47.7 Å². The number of nitrogens with one attached hydrogen (secondary N) is 2. The van der Waals surface area contributed by atoms with Gasteiger partial charge in [0.1, 0.15) is 0 Å². The van der Waals surface area contributed by atoms with E-state index in [9.17, 15) is 0 Å². The van der Waals surface area contributed by atoms with Crippen LogP contribution < -0.4 is 10.6 Å². The predicted octanol–water partition coefficient (Wildman–Crippen LogP) is 3.11. The van der Waals surface area contributed by atoms with Gasteiger partial charge in [-0.1, -0.05) is 38.1 Å². The average molecular weight is 385 g/mol. The first-order valence-corrected chi connectivity index (χ1v) is 10.5. The van der Waals surface area contributed by atoms with E-state index >= 15 is 0 Å². The first kappa shape index (κ1) is 22.0. The van der Waals surface area contributed by atoms with Gasteiger partial charge in [-0.05, 0) is 56.1 Å². The van der Waals surface area contributed by atoms with Crippen LogP contribution in [0.25, 0.3) is 0 Å². The van der Waals surface area contributed by atoms with Crippen LogP contribution in [0.2, 0.25) is 0 Å². The van der Waals surface area contributed by atoms with E-state index in [2.05, 4.69) is 63.7 Å². The fourth-order valence-electron chi connectivity index (χ4n) is 3.33. The van der Waals surface area contributed by atoms with Crippen molar-refractivity contribution < 1.29 is 0 Å². The Kier molecular flexibility index (Phi) is 10.1. The summed E-state index contributed by atoms with van der Waals surface area (Å²) in [6.07, 6.45) is 7.36. The molecule has 2 rings (SSSR count). The highest BCUT2D eigenvalue weighted by Gasteiger charge is 2.05. The molecule has 28 heavy (non-hydrogen) atoms. The first-order chi connectivity index (χ1) is 13.8. The maximum atomic E-state index is 4.36. The monoisotopic (exact) mass is 384 g/mol. The van der Waals surface area contributed by atoms with E-state index in [0.717, 1.165) is 38.6 Å². The number of benzene rings is 1. The van der Waals surface area contributed by atoms with Gasteiger partial charge in [0, 0.05) is 32.5 Å². The second-order valence-corrected chi connectivity index (χ2v) is 7.02. The number of guanidine groups is 1. The lowest BCUT2D eigenvalue weighted by atomic mass is 10.1. The number of aromatic nitrogens is 2. The number of aliphatic imine (C=N–C) groups is 1. The number of rotatable bonds is 12. The fourth-order valence-corrected chi connectivity index (χ4v) is 3.33. The van der Waals surface area contributed by atoms with Crippen molar-refractivity contribution in [1.29, 1.82) is 0 Å². The third-order valence-electron chi connectivity index (χ3n) is 4.70. The van der Waals surface area contributed by atoms with Gasteiger partial charge in [-0.25, -0.2) is 0 Å². The molecule has 1 aromatic carbocycles. The van der Waals surface area contributed by atoms with Crippen molar-refractivity contribution >= 4 is 5.96 Å². The number of hydrogen-bond donors (Lipinski definition) is 2. The molecule has 2 N–H and O–H groups in total. The molecule has 1 aromatic heterocycles. The molecule has 2 aromatic rings. The Bertz CT molecular complexity index is 674. The van der Waals surface area contributed by atoms with Gasteiger partial charge in [0.15, 0.2) is 5.96 Å². The van der Waals surface area contributed by atoms with Crippen molar-refractivity contribution in [1.82, 2.24) is 25.3 Å². The molecular formula is C22H36N6. The molecule has 0 aliphatic heterocycles. The quantitative estimate of drug-likeness (QED) is 0.335. The molecule has 0 saturated heterocycles. The van der Waals surface area contributed by atoms with Crippen LogP contribution in [0, 0.1) is 0 Å². The topological polar surface area (TPSA) is 57.5 Å². The normalized spacial score (nSPS) is 11.8. The van der Waals surface area contributed by atoms with Gasteiger partial charge in [-0.2, -0.15) is 5.10 Å². The van der Waals surface area contributed by atoms with Crippen LogP contribution in [0.1, 0.15) is 44.2 Å². The summed E-state index contributed by atoms with van der Waals surface area (Å²) >= 11 is 0. The Labute approximate surface area is 170 Å². The minimum absolute atomic E-state index is 0.745. The Morgan fingerprint density at radius 3 is 2.43 bits per heavy atom. The Morgan fingerprint density at radius 2 is 1.79 bits per heavy atom. The third-order valence-corrected chi connectivity index (χ3v) is 4.70. The van der Waals surface area contributed by atoms with Crippen molar-refractivity contribution in [3.05, 3.63) is 53.9 Å². The summed E-state index contributed by atoms with van der Waals surface area (Å²) in [5.74, 6) is 0.853. The van der Waals surface area contributed by atoms with Crippen LogP contribution >= 0.6 is 0 Å². The largest absolute Gasteiger partial charge is 0.356 e. The summed E-state index contributed by atoms with van der Waals surface area (Å²) in [7, 11) is 1.82. The number of hydrogen-bond acceptors (Lipinski definition) is 3. The van der Waals surface area contributed by atoms with Gasteiger partial charge in [0.2, 0.25) is 0 Å². The van der Waals surface area contributed by atoms with Gasteiger partial charge in [0.25, 0.3) is 0 Å². The van der Waals surface area contributed by atoms with E-state index in [1.807, 2.05) is 30.2 Å². The molecule has 0 atom stereocenters. The van der Waals surface area contributed by atoms with Crippen molar-refractivity contribution in [2.75, 3.05) is 33.2 Å². The maximum absolute atomic E-state index is 4.36. The van der Waals surface area contributed by atoms with Crippen LogP contribution in [-0.4, -0.2) is 53.9 Å². The summed E-state index contributed by atoms with van der Waals surface area (Å²) in [6, 6.07) is 10.4. The second kappa shape index (κ2) is 12.9. The highest BCUT2D eigenvalue weighted by molar-refractivity contribution is 5.79. The molecule has 0 aliphatic rings. The Morgan fingerprint density at radius 1 is 1.04 bits per heavy atom. The SMILES string of the molecule is CCCN(CCC)CCCNC(=NC)NCc1ccccc1Cn1cccn1. The minimum atomic E-state index is 0.745. The fraction of sp³-hybridized carbons (Fsp3) is 0.545. The van der Waals surface area contributed by atoms with Crippen molar-refractivity contribution in [2.45, 2.75) is 46.2 Å². The molecule has 0 spiro atoms. The van der Waals surface area contributed by atoms with Crippen LogP contribution in [0.4, 0.5) is 0 Å². The van der Waals surface area contributed by atoms with E-state index in [-0.39, 0.29) is 0 Å². The summed E-state index contributed by atoms with van der Waals surface area (Å²) in [4.78, 5) is 6.91. The molecule has 6 heteroatoms. The summed E-state index contributed by atoms with van der Waals surface area (Å²) in [6.45, 7) is 10.5. The van der Waals surface area contributed by atoms with E-state index in [4.69, 9.17) is 0 Å². The van der Waals surface area contributed by atoms with Gasteiger partial charge in [0.05, 0.1) is 6.54 Å². The maximum Gasteiger partial charge on any atom is 0.191 e. The van der Waals surface area contributed by atoms with E-state index in [1.165, 1.54) is 37.1 Å². The molecule has 0 unspecified atom stereocenters. The van der Waals surface area contributed by atoms with Gasteiger partial charge < -0.3 is 15.5 Å². The molecule has 0 aliphatic carbocycles. The van der Waals surface area contributed by atoms with Gasteiger partial charge in [-0.15, -0.1) is 0 Å². The lowest BCUT2D eigenvalue weighted by Crippen LogP contribution is -2.38. The molecule has 0 saturated carbocycles. The zero-order valence-electron chi connectivity index (χ0n) is 17.7. The number of nitrogens with zero attached hydrogens (tertiary/aromatic N) is 4. The van der Waals surface area contributed by atoms with Crippen molar-refractivity contribution in [2.24, 2.45) is 4.99 Å². The second-order valence-electron chi connectivity index (χ2n) is 7.02. The van der Waals surface area contributed by atoms with E-state index in [1.54, 1.807) is 0 Å². The van der Waals surface area contributed by atoms with E-state index < -0.39 is 0 Å². The summed E-state index contributed by atoms with van der Waals surface area (Å²) in [5.41, 5.74) is 2.53. The minimum Gasteiger partial charge on any atom is -0.356 e. The summed E-state index contributed by atoms with van der Waals surface area (Å²) in [5, 5.41) is 11.2.